The summed E-state index contributed by atoms with van der Waals surface area (Å²) in [7, 11) is 1.81. The lowest BCUT2D eigenvalue weighted by Crippen LogP contribution is -2.47. The molecule has 0 fully saturated rings. The first-order valence-corrected chi connectivity index (χ1v) is 8.28. The number of likely N-dealkylation sites (N-methyl/N-ethyl adjacent to an activating group) is 1. The third-order valence-corrected chi connectivity index (χ3v) is 4.18. The van der Waals surface area contributed by atoms with E-state index in [0.29, 0.717) is 12.0 Å². The zero-order chi connectivity index (χ0) is 16.5. The molecule has 0 aromatic carbocycles. The Morgan fingerprint density at radius 1 is 1.27 bits per heavy atom. The topological polar surface area (TPSA) is 52.8 Å². The van der Waals surface area contributed by atoms with Crippen molar-refractivity contribution in [3.05, 3.63) is 24.2 Å². The van der Waals surface area contributed by atoms with Crippen LogP contribution in [0, 0.1) is 5.92 Å². The van der Waals surface area contributed by atoms with Crippen molar-refractivity contribution in [2.75, 3.05) is 26.7 Å². The first kappa shape index (κ1) is 18.6. The molecule has 5 heteroatoms. The van der Waals surface area contributed by atoms with Gasteiger partial charge in [-0.2, -0.15) is 0 Å². The smallest absolute Gasteiger partial charge is 0.191 e. The maximum atomic E-state index is 5.62. The van der Waals surface area contributed by atoms with Crippen LogP contribution in [0.2, 0.25) is 0 Å². The van der Waals surface area contributed by atoms with Gasteiger partial charge >= 0.3 is 0 Å². The van der Waals surface area contributed by atoms with E-state index in [2.05, 4.69) is 55.1 Å². The van der Waals surface area contributed by atoms with Crippen molar-refractivity contribution in [1.82, 2.24) is 15.5 Å². The lowest BCUT2D eigenvalue weighted by atomic mass is 10.1. The highest BCUT2D eigenvalue weighted by Gasteiger charge is 2.21. The zero-order valence-corrected chi connectivity index (χ0v) is 14.9. The first-order chi connectivity index (χ1) is 10.5. The quantitative estimate of drug-likeness (QED) is 0.573. The number of hydrogen-bond donors (Lipinski definition) is 2. The Morgan fingerprint density at radius 2 is 1.95 bits per heavy atom. The van der Waals surface area contributed by atoms with Gasteiger partial charge in [0.15, 0.2) is 5.96 Å². The standard InChI is InChI=1S/C17H32N4O/c1-7-21(8-2)15(16-10-9-11-22-16)12-19-17(18-6)20-14(5)13(3)4/h9-11,13-15H,7-8,12H2,1-6H3,(H2,18,19,20). The van der Waals surface area contributed by atoms with Crippen molar-refractivity contribution >= 4 is 5.96 Å². The molecule has 1 heterocycles. The molecule has 0 saturated carbocycles. The number of nitrogens with zero attached hydrogens (tertiary/aromatic N) is 2. The Morgan fingerprint density at radius 3 is 2.41 bits per heavy atom. The fourth-order valence-electron chi connectivity index (χ4n) is 2.33. The van der Waals surface area contributed by atoms with Gasteiger partial charge < -0.3 is 15.1 Å². The Labute approximate surface area is 135 Å². The average Bonchev–Trinajstić information content (AvgIpc) is 3.03. The van der Waals surface area contributed by atoms with Crippen molar-refractivity contribution in [1.29, 1.82) is 0 Å². The van der Waals surface area contributed by atoms with Gasteiger partial charge in [-0.15, -0.1) is 0 Å². The molecule has 1 rings (SSSR count). The number of furan rings is 1. The fraction of sp³-hybridized carbons (Fsp3) is 0.706. The molecule has 1 aromatic heterocycles. The van der Waals surface area contributed by atoms with Gasteiger partial charge in [0.25, 0.3) is 0 Å². The van der Waals surface area contributed by atoms with Crippen molar-refractivity contribution in [2.45, 2.75) is 46.7 Å². The molecule has 22 heavy (non-hydrogen) atoms. The van der Waals surface area contributed by atoms with E-state index in [1.165, 1.54) is 0 Å². The van der Waals surface area contributed by atoms with E-state index in [1.54, 1.807) is 6.26 Å². The minimum atomic E-state index is 0.206. The molecule has 2 atom stereocenters. The van der Waals surface area contributed by atoms with E-state index in [-0.39, 0.29) is 6.04 Å². The minimum Gasteiger partial charge on any atom is -0.468 e. The predicted molar refractivity (Wildman–Crippen MR) is 93.2 cm³/mol. The largest absolute Gasteiger partial charge is 0.468 e. The van der Waals surface area contributed by atoms with Crippen LogP contribution < -0.4 is 10.6 Å². The summed E-state index contributed by atoms with van der Waals surface area (Å²) in [4.78, 5) is 6.70. The highest BCUT2D eigenvalue weighted by Crippen LogP contribution is 2.20. The van der Waals surface area contributed by atoms with Crippen LogP contribution in [0.4, 0.5) is 0 Å². The number of hydrogen-bond acceptors (Lipinski definition) is 3. The molecule has 126 valence electrons. The van der Waals surface area contributed by atoms with Crippen LogP contribution in [0.5, 0.6) is 0 Å². The second kappa shape index (κ2) is 9.51. The summed E-state index contributed by atoms with van der Waals surface area (Å²) in [6.45, 7) is 13.7. The Bertz CT molecular complexity index is 424. The lowest BCUT2D eigenvalue weighted by Gasteiger charge is -2.29. The van der Waals surface area contributed by atoms with Crippen molar-refractivity contribution in [3.63, 3.8) is 0 Å². The van der Waals surface area contributed by atoms with Crippen LogP contribution in [-0.4, -0.2) is 43.6 Å². The molecular weight excluding hydrogens is 276 g/mol. The fourth-order valence-corrected chi connectivity index (χ4v) is 2.33. The lowest BCUT2D eigenvalue weighted by molar-refractivity contribution is 0.193. The molecule has 0 aliphatic heterocycles. The molecule has 0 saturated heterocycles. The Kier molecular flexibility index (Phi) is 8.02. The van der Waals surface area contributed by atoms with E-state index in [4.69, 9.17) is 4.42 Å². The molecule has 0 amide bonds. The summed E-state index contributed by atoms with van der Waals surface area (Å²) < 4.78 is 5.62. The highest BCUT2D eigenvalue weighted by atomic mass is 16.3. The van der Waals surface area contributed by atoms with Gasteiger partial charge in [-0.3, -0.25) is 9.89 Å². The third kappa shape index (κ3) is 5.37. The zero-order valence-electron chi connectivity index (χ0n) is 14.9. The maximum absolute atomic E-state index is 5.62. The molecule has 0 spiro atoms. The maximum Gasteiger partial charge on any atom is 0.191 e. The summed E-state index contributed by atoms with van der Waals surface area (Å²) >= 11 is 0. The molecule has 1 aromatic rings. The average molecular weight is 308 g/mol. The normalized spacial score (nSPS) is 15.2. The van der Waals surface area contributed by atoms with Crippen molar-refractivity contribution < 1.29 is 4.42 Å². The number of rotatable bonds is 8. The van der Waals surface area contributed by atoms with Crippen LogP contribution in [0.25, 0.3) is 0 Å². The summed E-state index contributed by atoms with van der Waals surface area (Å²) in [5.41, 5.74) is 0. The Hall–Kier alpha value is -1.49. The van der Waals surface area contributed by atoms with E-state index < -0.39 is 0 Å². The summed E-state index contributed by atoms with van der Waals surface area (Å²) in [6.07, 6.45) is 1.74. The van der Waals surface area contributed by atoms with E-state index >= 15 is 0 Å². The molecule has 0 aliphatic carbocycles. The van der Waals surface area contributed by atoms with E-state index in [1.807, 2.05) is 19.2 Å². The van der Waals surface area contributed by atoms with Gasteiger partial charge in [0.2, 0.25) is 0 Å². The van der Waals surface area contributed by atoms with Gasteiger partial charge in [-0.1, -0.05) is 27.7 Å². The van der Waals surface area contributed by atoms with Gasteiger partial charge in [0.1, 0.15) is 5.76 Å². The molecule has 0 bridgehead atoms. The van der Waals surface area contributed by atoms with Gasteiger partial charge in [0, 0.05) is 19.6 Å². The summed E-state index contributed by atoms with van der Waals surface area (Å²) in [6, 6.07) is 4.57. The van der Waals surface area contributed by atoms with E-state index in [0.717, 1.165) is 31.4 Å². The Balaban J connectivity index is 2.70. The van der Waals surface area contributed by atoms with Crippen molar-refractivity contribution in [3.8, 4) is 0 Å². The van der Waals surface area contributed by atoms with Crippen molar-refractivity contribution in [2.24, 2.45) is 10.9 Å². The van der Waals surface area contributed by atoms with E-state index in [9.17, 15) is 0 Å². The predicted octanol–water partition coefficient (Wildman–Crippen LogP) is 2.87. The third-order valence-electron chi connectivity index (χ3n) is 4.18. The van der Waals surface area contributed by atoms with Crippen LogP contribution in [0.3, 0.4) is 0 Å². The summed E-state index contributed by atoms with van der Waals surface area (Å²) in [5, 5.41) is 6.86. The van der Waals surface area contributed by atoms with Gasteiger partial charge in [-0.05, 0) is 38.1 Å². The summed E-state index contributed by atoms with van der Waals surface area (Å²) in [5.74, 6) is 2.38. The van der Waals surface area contributed by atoms with Crippen LogP contribution in [-0.2, 0) is 0 Å². The van der Waals surface area contributed by atoms with Crippen LogP contribution in [0.1, 0.15) is 46.4 Å². The monoisotopic (exact) mass is 308 g/mol. The molecule has 0 radical (unpaired) electrons. The number of aliphatic imine (C=N–C) groups is 1. The van der Waals surface area contributed by atoms with Gasteiger partial charge in [0.05, 0.1) is 12.3 Å². The van der Waals surface area contributed by atoms with Gasteiger partial charge in [-0.25, -0.2) is 0 Å². The number of guanidine groups is 1. The molecule has 5 nitrogen and oxygen atoms in total. The minimum absolute atomic E-state index is 0.206. The second-order valence-corrected chi connectivity index (χ2v) is 5.88. The SMILES string of the molecule is CCN(CC)C(CNC(=NC)NC(C)C(C)C)c1ccco1. The molecule has 0 aliphatic rings. The second-order valence-electron chi connectivity index (χ2n) is 5.88. The highest BCUT2D eigenvalue weighted by molar-refractivity contribution is 5.80. The van der Waals surface area contributed by atoms with Crippen LogP contribution in [0.15, 0.2) is 27.8 Å². The first-order valence-electron chi connectivity index (χ1n) is 8.28. The number of nitrogens with one attached hydrogen (secondary N) is 2. The van der Waals surface area contributed by atoms with Crippen LogP contribution >= 0.6 is 0 Å². The molecule has 2 N–H and O–H groups in total. The molecular formula is C17H32N4O. The molecule has 2 unspecified atom stereocenters.